The highest BCUT2D eigenvalue weighted by atomic mass is 32.2. The Morgan fingerprint density at radius 3 is 2.55 bits per heavy atom. The van der Waals surface area contributed by atoms with E-state index in [1.54, 1.807) is 6.92 Å². The lowest BCUT2D eigenvalue weighted by Gasteiger charge is -2.15. The van der Waals surface area contributed by atoms with Crippen molar-refractivity contribution in [1.29, 1.82) is 0 Å². The van der Waals surface area contributed by atoms with Crippen LogP contribution in [0.2, 0.25) is 0 Å². The van der Waals surface area contributed by atoms with Crippen LogP contribution in [0.3, 0.4) is 0 Å². The van der Waals surface area contributed by atoms with Crippen molar-refractivity contribution < 1.29 is 22.0 Å². The summed E-state index contributed by atoms with van der Waals surface area (Å²) in [5.74, 6) is -2.44. The largest absolute Gasteiger partial charge is 0.298 e. The van der Waals surface area contributed by atoms with Crippen LogP contribution in [0.25, 0.3) is 11.3 Å². The van der Waals surface area contributed by atoms with E-state index < -0.39 is 27.6 Å². The molecule has 2 aromatic carbocycles. The van der Waals surface area contributed by atoms with Crippen LogP contribution >= 0.6 is 11.3 Å². The summed E-state index contributed by atoms with van der Waals surface area (Å²) in [6, 6.07) is 9.36. The molecule has 1 aliphatic heterocycles. The molecule has 1 aromatic heterocycles. The molecule has 0 unspecified atom stereocenters. The number of halogens is 2. The van der Waals surface area contributed by atoms with E-state index in [1.807, 2.05) is 0 Å². The van der Waals surface area contributed by atoms with Gasteiger partial charge in [0.05, 0.1) is 10.6 Å². The summed E-state index contributed by atoms with van der Waals surface area (Å²) in [5.41, 5.74) is 1.01. The third-order valence-electron chi connectivity index (χ3n) is 5.01. The van der Waals surface area contributed by atoms with Gasteiger partial charge in [-0.05, 0) is 56.2 Å². The molecular formula is C21H19F2N3O3S2. The Morgan fingerprint density at radius 2 is 1.84 bits per heavy atom. The number of hydrogen-bond donors (Lipinski definition) is 1. The molecule has 4 rings (SSSR count). The minimum Gasteiger partial charge on any atom is -0.298 e. The van der Waals surface area contributed by atoms with Crippen molar-refractivity contribution in [2.45, 2.75) is 24.7 Å². The van der Waals surface area contributed by atoms with Crippen LogP contribution < -0.4 is 5.32 Å². The zero-order chi connectivity index (χ0) is 22.2. The topological polar surface area (TPSA) is 79.4 Å². The number of thiazole rings is 1. The van der Waals surface area contributed by atoms with E-state index in [0.29, 0.717) is 29.2 Å². The van der Waals surface area contributed by atoms with Crippen molar-refractivity contribution in [2.24, 2.45) is 0 Å². The van der Waals surface area contributed by atoms with Gasteiger partial charge in [-0.25, -0.2) is 22.2 Å². The van der Waals surface area contributed by atoms with Gasteiger partial charge in [-0.1, -0.05) is 6.07 Å². The van der Waals surface area contributed by atoms with Crippen LogP contribution in [0, 0.1) is 18.6 Å². The highest BCUT2D eigenvalue weighted by molar-refractivity contribution is 7.89. The van der Waals surface area contributed by atoms with Gasteiger partial charge in [-0.2, -0.15) is 4.31 Å². The molecule has 1 aliphatic rings. The summed E-state index contributed by atoms with van der Waals surface area (Å²) in [4.78, 5) is 17.8. The SMILES string of the molecule is Cc1sc(NC(=O)c2cccc(S(=O)(=O)N3CCCC3)c2)nc1-c1ccc(F)c(F)c1. The molecule has 31 heavy (non-hydrogen) atoms. The van der Waals surface area contributed by atoms with E-state index in [2.05, 4.69) is 10.3 Å². The Morgan fingerprint density at radius 1 is 1.10 bits per heavy atom. The number of sulfonamides is 1. The zero-order valence-electron chi connectivity index (χ0n) is 16.6. The summed E-state index contributed by atoms with van der Waals surface area (Å²) in [6.07, 6.45) is 1.65. The molecule has 10 heteroatoms. The van der Waals surface area contributed by atoms with Gasteiger partial charge in [-0.15, -0.1) is 11.3 Å². The van der Waals surface area contributed by atoms with Crippen molar-refractivity contribution in [2.75, 3.05) is 18.4 Å². The molecule has 0 aliphatic carbocycles. The van der Waals surface area contributed by atoms with Gasteiger partial charge in [0, 0.05) is 29.1 Å². The van der Waals surface area contributed by atoms with Gasteiger partial charge in [0.15, 0.2) is 16.8 Å². The first-order valence-electron chi connectivity index (χ1n) is 9.60. The molecule has 1 fully saturated rings. The predicted molar refractivity (Wildman–Crippen MR) is 115 cm³/mol. The minimum absolute atomic E-state index is 0.0693. The highest BCUT2D eigenvalue weighted by Gasteiger charge is 2.27. The van der Waals surface area contributed by atoms with Gasteiger partial charge in [0.25, 0.3) is 5.91 Å². The van der Waals surface area contributed by atoms with Gasteiger partial charge in [-0.3, -0.25) is 10.1 Å². The maximum Gasteiger partial charge on any atom is 0.257 e. The predicted octanol–water partition coefficient (Wildman–Crippen LogP) is 4.43. The first kappa shape index (κ1) is 21.5. The molecule has 1 N–H and O–H groups in total. The summed E-state index contributed by atoms with van der Waals surface area (Å²) >= 11 is 1.19. The van der Waals surface area contributed by atoms with E-state index in [1.165, 1.54) is 46.0 Å². The Balaban J connectivity index is 1.56. The van der Waals surface area contributed by atoms with Crippen molar-refractivity contribution in [3.05, 3.63) is 64.5 Å². The quantitative estimate of drug-likeness (QED) is 0.607. The summed E-state index contributed by atoms with van der Waals surface area (Å²) in [5, 5.41) is 2.93. The average molecular weight is 464 g/mol. The van der Waals surface area contributed by atoms with E-state index in [4.69, 9.17) is 0 Å². The number of amides is 1. The fraction of sp³-hybridized carbons (Fsp3) is 0.238. The molecule has 1 saturated heterocycles. The standard InChI is InChI=1S/C21H19F2N3O3S2/c1-13-19(14-7-8-17(22)18(23)12-14)24-21(30-13)25-20(27)15-5-4-6-16(11-15)31(28,29)26-9-2-3-10-26/h4-8,11-12H,2-3,9-10H2,1H3,(H,24,25,27). The van der Waals surface area contributed by atoms with Crippen LogP contribution in [0.15, 0.2) is 47.4 Å². The van der Waals surface area contributed by atoms with Crippen LogP contribution in [-0.2, 0) is 10.0 Å². The van der Waals surface area contributed by atoms with Crippen molar-refractivity contribution in [3.63, 3.8) is 0 Å². The van der Waals surface area contributed by atoms with Gasteiger partial charge < -0.3 is 0 Å². The smallest absolute Gasteiger partial charge is 0.257 e. The van der Waals surface area contributed by atoms with Crippen LogP contribution in [-0.4, -0.2) is 36.7 Å². The molecule has 1 amide bonds. The number of nitrogens with zero attached hydrogens (tertiary/aromatic N) is 2. The Bertz CT molecular complexity index is 1250. The minimum atomic E-state index is -3.64. The first-order chi connectivity index (χ1) is 14.8. The third kappa shape index (κ3) is 4.36. The first-order valence-corrected chi connectivity index (χ1v) is 11.9. The second kappa shape index (κ2) is 8.45. The van der Waals surface area contributed by atoms with E-state index >= 15 is 0 Å². The molecule has 162 valence electrons. The number of aromatic nitrogens is 1. The van der Waals surface area contributed by atoms with Crippen molar-refractivity contribution >= 4 is 32.4 Å². The second-order valence-electron chi connectivity index (χ2n) is 7.15. The number of rotatable bonds is 5. The second-order valence-corrected chi connectivity index (χ2v) is 10.3. The molecule has 0 saturated carbocycles. The van der Waals surface area contributed by atoms with E-state index in [0.717, 1.165) is 25.0 Å². The summed E-state index contributed by atoms with van der Waals surface area (Å²) < 4.78 is 53.7. The molecule has 0 spiro atoms. The lowest BCUT2D eigenvalue weighted by Crippen LogP contribution is -2.28. The van der Waals surface area contributed by atoms with Crippen LogP contribution in [0.5, 0.6) is 0 Å². The Labute approximate surface area is 182 Å². The Kier molecular flexibility index (Phi) is 5.87. The van der Waals surface area contributed by atoms with Crippen molar-refractivity contribution in [1.82, 2.24) is 9.29 Å². The Hall–Kier alpha value is -2.69. The van der Waals surface area contributed by atoms with Gasteiger partial charge >= 0.3 is 0 Å². The summed E-state index contributed by atoms with van der Waals surface area (Å²) in [6.45, 7) is 2.71. The maximum atomic E-state index is 13.6. The molecule has 0 atom stereocenters. The zero-order valence-corrected chi connectivity index (χ0v) is 18.2. The van der Waals surface area contributed by atoms with Gasteiger partial charge in [0.2, 0.25) is 10.0 Å². The average Bonchev–Trinajstić information content (AvgIpc) is 3.41. The molecule has 0 radical (unpaired) electrons. The van der Waals surface area contributed by atoms with Crippen molar-refractivity contribution in [3.8, 4) is 11.3 Å². The van der Waals surface area contributed by atoms with Gasteiger partial charge in [0.1, 0.15) is 0 Å². The number of nitrogens with one attached hydrogen (secondary N) is 1. The number of aryl methyl sites for hydroxylation is 1. The fourth-order valence-corrected chi connectivity index (χ4v) is 5.80. The van der Waals surface area contributed by atoms with E-state index in [9.17, 15) is 22.0 Å². The highest BCUT2D eigenvalue weighted by Crippen LogP contribution is 2.31. The molecule has 3 aromatic rings. The lowest BCUT2D eigenvalue weighted by molar-refractivity contribution is 0.102. The number of anilines is 1. The lowest BCUT2D eigenvalue weighted by atomic mass is 10.1. The third-order valence-corrected chi connectivity index (χ3v) is 7.79. The van der Waals surface area contributed by atoms with Crippen LogP contribution in [0.1, 0.15) is 28.1 Å². The monoisotopic (exact) mass is 463 g/mol. The number of benzene rings is 2. The number of hydrogen-bond acceptors (Lipinski definition) is 5. The number of carbonyl (C=O) groups is 1. The molecule has 0 bridgehead atoms. The van der Waals surface area contributed by atoms with E-state index in [-0.39, 0.29) is 15.6 Å². The maximum absolute atomic E-state index is 13.6. The van der Waals surface area contributed by atoms with Crippen LogP contribution in [0.4, 0.5) is 13.9 Å². The normalized spacial score (nSPS) is 14.7. The molecular weight excluding hydrogens is 444 g/mol. The fourth-order valence-electron chi connectivity index (χ4n) is 3.41. The molecule has 6 nitrogen and oxygen atoms in total. The summed E-state index contributed by atoms with van der Waals surface area (Å²) in [7, 11) is -3.64. The number of carbonyl (C=O) groups excluding carboxylic acids is 1. The molecule has 2 heterocycles.